The first-order valence-corrected chi connectivity index (χ1v) is 9.74. The predicted octanol–water partition coefficient (Wildman–Crippen LogP) is 1.58. The highest BCUT2D eigenvalue weighted by Gasteiger charge is 2.29. The summed E-state index contributed by atoms with van der Waals surface area (Å²) >= 11 is 0. The molecule has 0 aliphatic carbocycles. The molecule has 1 saturated heterocycles. The van der Waals surface area contributed by atoms with E-state index in [1.54, 1.807) is 4.90 Å². The summed E-state index contributed by atoms with van der Waals surface area (Å²) in [7, 11) is 0. The Labute approximate surface area is 169 Å². The van der Waals surface area contributed by atoms with Crippen LogP contribution in [-0.4, -0.2) is 59.3 Å². The number of rotatable bonds is 5. The van der Waals surface area contributed by atoms with Gasteiger partial charge in [-0.1, -0.05) is 36.4 Å². The summed E-state index contributed by atoms with van der Waals surface area (Å²) in [5, 5.41) is 10.4. The normalized spacial score (nSPS) is 18.7. The third-order valence-electron chi connectivity index (χ3n) is 5.17. The zero-order valence-electron chi connectivity index (χ0n) is 16.1. The van der Waals surface area contributed by atoms with Crippen LogP contribution in [0.3, 0.4) is 0 Å². The van der Waals surface area contributed by atoms with Gasteiger partial charge < -0.3 is 24.4 Å². The number of ether oxygens (including phenoxy) is 2. The van der Waals surface area contributed by atoms with Crippen molar-refractivity contribution in [2.75, 3.05) is 26.4 Å². The van der Waals surface area contributed by atoms with E-state index in [1.807, 2.05) is 48.5 Å². The minimum Gasteiger partial charge on any atom is -0.454 e. The summed E-state index contributed by atoms with van der Waals surface area (Å²) in [5.74, 6) is 1.05. The molecule has 0 radical (unpaired) electrons. The number of hydrogen-bond donors (Lipinski definition) is 1. The Morgan fingerprint density at radius 2 is 1.83 bits per heavy atom. The zero-order chi connectivity index (χ0) is 20.2. The zero-order valence-corrected chi connectivity index (χ0v) is 16.1. The molecule has 2 aliphatic rings. The lowest BCUT2D eigenvalue weighted by atomic mass is 10.1. The number of fused-ring (bicyclic) bond motifs is 1. The van der Waals surface area contributed by atoms with Crippen LogP contribution in [0.4, 0.5) is 0 Å². The van der Waals surface area contributed by atoms with E-state index in [2.05, 4.69) is 0 Å². The molecule has 2 amide bonds. The van der Waals surface area contributed by atoms with E-state index in [0.717, 1.165) is 11.1 Å². The maximum atomic E-state index is 12.8. The van der Waals surface area contributed by atoms with Gasteiger partial charge in [0, 0.05) is 26.1 Å². The number of hydrogen-bond acceptors (Lipinski definition) is 5. The van der Waals surface area contributed by atoms with Crippen molar-refractivity contribution in [3.05, 3.63) is 59.7 Å². The highest BCUT2D eigenvalue weighted by Crippen LogP contribution is 2.32. The van der Waals surface area contributed by atoms with Gasteiger partial charge in [0.15, 0.2) is 11.5 Å². The Morgan fingerprint density at radius 1 is 1.03 bits per heavy atom. The monoisotopic (exact) mass is 396 g/mol. The number of β-amino-alcohol motifs (C(OH)–C–C–N with tert-alkyl or cyclic N) is 1. The van der Waals surface area contributed by atoms with Crippen LogP contribution in [-0.2, 0) is 22.6 Å². The smallest absolute Gasteiger partial charge is 0.242 e. The molecule has 1 fully saturated rings. The molecule has 2 heterocycles. The van der Waals surface area contributed by atoms with E-state index < -0.39 is 6.10 Å². The quantitative estimate of drug-likeness (QED) is 0.830. The van der Waals surface area contributed by atoms with E-state index in [4.69, 9.17) is 9.47 Å². The first-order valence-electron chi connectivity index (χ1n) is 9.74. The van der Waals surface area contributed by atoms with Gasteiger partial charge >= 0.3 is 0 Å². The number of aryl methyl sites for hydroxylation is 1. The Kier molecular flexibility index (Phi) is 5.67. The van der Waals surface area contributed by atoms with Gasteiger partial charge in [0.25, 0.3) is 0 Å². The lowest BCUT2D eigenvalue weighted by Crippen LogP contribution is -2.39. The Balaban J connectivity index is 1.38. The fraction of sp³-hybridized carbons (Fsp3) is 0.364. The van der Waals surface area contributed by atoms with Crippen LogP contribution >= 0.6 is 0 Å². The molecule has 152 valence electrons. The summed E-state index contributed by atoms with van der Waals surface area (Å²) < 4.78 is 10.7. The van der Waals surface area contributed by atoms with Crippen molar-refractivity contribution < 1.29 is 24.2 Å². The average Bonchev–Trinajstić information content (AvgIpc) is 3.14. The van der Waals surface area contributed by atoms with Crippen molar-refractivity contribution in [2.45, 2.75) is 25.5 Å². The number of nitrogens with zero attached hydrogens (tertiary/aromatic N) is 2. The van der Waals surface area contributed by atoms with Crippen molar-refractivity contribution in [1.29, 1.82) is 0 Å². The highest BCUT2D eigenvalue weighted by molar-refractivity contribution is 5.85. The molecule has 29 heavy (non-hydrogen) atoms. The lowest BCUT2D eigenvalue weighted by Gasteiger charge is -2.22. The summed E-state index contributed by atoms with van der Waals surface area (Å²) in [6, 6.07) is 15.3. The molecule has 2 aromatic rings. The topological polar surface area (TPSA) is 79.3 Å². The molecule has 0 spiro atoms. The lowest BCUT2D eigenvalue weighted by molar-refractivity contribution is -0.139. The van der Waals surface area contributed by atoms with Gasteiger partial charge in [-0.25, -0.2) is 0 Å². The molecule has 1 unspecified atom stereocenters. The van der Waals surface area contributed by atoms with Gasteiger partial charge in [-0.3, -0.25) is 9.59 Å². The summed E-state index contributed by atoms with van der Waals surface area (Å²) in [6.07, 6.45) is 0.143. The van der Waals surface area contributed by atoms with Gasteiger partial charge in [0.2, 0.25) is 18.6 Å². The van der Waals surface area contributed by atoms with Gasteiger partial charge in [-0.05, 0) is 29.7 Å². The number of aliphatic hydroxyl groups excluding tert-OH is 1. The predicted molar refractivity (Wildman–Crippen MR) is 105 cm³/mol. The van der Waals surface area contributed by atoms with Crippen molar-refractivity contribution in [3.63, 3.8) is 0 Å². The van der Waals surface area contributed by atoms with Crippen LogP contribution in [0.5, 0.6) is 11.5 Å². The second kappa shape index (κ2) is 8.53. The molecule has 7 heteroatoms. The molecule has 1 N–H and O–H groups in total. The first-order chi connectivity index (χ1) is 14.1. The summed E-state index contributed by atoms with van der Waals surface area (Å²) in [4.78, 5) is 28.4. The van der Waals surface area contributed by atoms with E-state index in [-0.39, 0.29) is 38.2 Å². The maximum Gasteiger partial charge on any atom is 0.242 e. The number of aliphatic hydroxyl groups is 1. The van der Waals surface area contributed by atoms with Crippen LogP contribution in [0.1, 0.15) is 17.5 Å². The molecule has 0 saturated carbocycles. The van der Waals surface area contributed by atoms with Gasteiger partial charge in [-0.15, -0.1) is 0 Å². The third kappa shape index (κ3) is 4.68. The van der Waals surface area contributed by atoms with Crippen LogP contribution in [0.15, 0.2) is 48.5 Å². The molecular formula is C22H24N2O5. The Bertz CT molecular complexity index is 886. The van der Waals surface area contributed by atoms with Crippen molar-refractivity contribution in [2.24, 2.45) is 0 Å². The minimum atomic E-state index is -0.781. The van der Waals surface area contributed by atoms with Crippen molar-refractivity contribution in [3.8, 4) is 11.5 Å². The molecule has 1 atom stereocenters. The van der Waals surface area contributed by atoms with Crippen LogP contribution in [0, 0.1) is 0 Å². The first kappa shape index (κ1) is 19.3. The van der Waals surface area contributed by atoms with Crippen molar-refractivity contribution >= 4 is 11.8 Å². The second-order valence-corrected chi connectivity index (χ2v) is 7.38. The molecule has 0 bridgehead atoms. The number of carbonyl (C=O) groups is 2. The molecule has 2 aliphatic heterocycles. The number of carbonyl (C=O) groups excluding carboxylic acids is 2. The molecule has 7 nitrogen and oxygen atoms in total. The fourth-order valence-electron chi connectivity index (χ4n) is 3.65. The molecule has 0 aromatic heterocycles. The minimum absolute atomic E-state index is 0.0186. The average molecular weight is 396 g/mol. The van der Waals surface area contributed by atoms with Crippen LogP contribution in [0.25, 0.3) is 0 Å². The van der Waals surface area contributed by atoms with E-state index in [1.165, 1.54) is 4.90 Å². The number of amides is 2. The SMILES string of the molecule is O=C(CCc1ccccc1)N1CC(=O)N(Cc2ccc3c(c2)OCO3)CC(O)C1. The summed E-state index contributed by atoms with van der Waals surface area (Å²) in [5.41, 5.74) is 1.96. The van der Waals surface area contributed by atoms with Gasteiger partial charge in [0.05, 0.1) is 12.6 Å². The van der Waals surface area contributed by atoms with Gasteiger partial charge in [-0.2, -0.15) is 0 Å². The van der Waals surface area contributed by atoms with E-state index in [0.29, 0.717) is 30.9 Å². The largest absolute Gasteiger partial charge is 0.454 e. The number of benzene rings is 2. The third-order valence-corrected chi connectivity index (χ3v) is 5.17. The molecule has 2 aromatic carbocycles. The van der Waals surface area contributed by atoms with Gasteiger partial charge in [0.1, 0.15) is 0 Å². The fourth-order valence-corrected chi connectivity index (χ4v) is 3.65. The van der Waals surface area contributed by atoms with E-state index >= 15 is 0 Å². The van der Waals surface area contributed by atoms with E-state index in [9.17, 15) is 14.7 Å². The van der Waals surface area contributed by atoms with Crippen LogP contribution in [0.2, 0.25) is 0 Å². The molecule has 4 rings (SSSR count). The Hall–Kier alpha value is -3.06. The van der Waals surface area contributed by atoms with Crippen molar-refractivity contribution in [1.82, 2.24) is 9.80 Å². The second-order valence-electron chi connectivity index (χ2n) is 7.38. The summed E-state index contributed by atoms with van der Waals surface area (Å²) in [6.45, 7) is 0.876. The highest BCUT2D eigenvalue weighted by atomic mass is 16.7. The maximum absolute atomic E-state index is 12.8. The Morgan fingerprint density at radius 3 is 2.66 bits per heavy atom. The standard InChI is InChI=1S/C22H24N2O5/c25-18-12-23(11-17-6-8-19-20(10-17)29-15-28-19)22(27)14-24(13-18)21(26)9-7-16-4-2-1-3-5-16/h1-6,8,10,18,25H,7,9,11-15H2. The molecular weight excluding hydrogens is 372 g/mol. The van der Waals surface area contributed by atoms with Crippen LogP contribution < -0.4 is 9.47 Å².